The molecule has 1 aliphatic carbocycles. The molecule has 2 heterocycles. The van der Waals surface area contributed by atoms with Crippen LogP contribution in [0.1, 0.15) is 45.4 Å². The first kappa shape index (κ1) is 18.7. The molecule has 0 N–H and O–H groups in total. The third kappa shape index (κ3) is 4.63. The summed E-state index contributed by atoms with van der Waals surface area (Å²) < 4.78 is 13.1. The van der Waals surface area contributed by atoms with Gasteiger partial charge in [-0.15, -0.1) is 0 Å². The molecular formula is C22H32FN3O. The van der Waals surface area contributed by atoms with E-state index in [2.05, 4.69) is 21.6 Å². The van der Waals surface area contributed by atoms with Crippen molar-refractivity contribution in [3.8, 4) is 0 Å². The van der Waals surface area contributed by atoms with E-state index in [1.807, 2.05) is 12.1 Å². The van der Waals surface area contributed by atoms with Crippen molar-refractivity contribution in [3.63, 3.8) is 0 Å². The van der Waals surface area contributed by atoms with Crippen LogP contribution in [-0.2, 0) is 4.79 Å². The number of anilines is 1. The number of carbonyl (C=O) groups is 1. The highest BCUT2D eigenvalue weighted by Gasteiger charge is 2.38. The Kier molecular flexibility index (Phi) is 5.40. The average molecular weight is 374 g/mol. The van der Waals surface area contributed by atoms with Crippen molar-refractivity contribution in [2.24, 2.45) is 5.41 Å². The highest BCUT2D eigenvalue weighted by molar-refractivity contribution is 5.76. The minimum absolute atomic E-state index is 0.181. The van der Waals surface area contributed by atoms with Crippen LogP contribution in [0.5, 0.6) is 0 Å². The topological polar surface area (TPSA) is 26.8 Å². The first-order valence-electron chi connectivity index (χ1n) is 10.5. The Bertz CT molecular complexity index is 650. The van der Waals surface area contributed by atoms with E-state index < -0.39 is 0 Å². The van der Waals surface area contributed by atoms with Crippen LogP contribution in [0.4, 0.5) is 10.1 Å². The summed E-state index contributed by atoms with van der Waals surface area (Å²) in [5.74, 6) is 0.179. The van der Waals surface area contributed by atoms with E-state index in [1.165, 1.54) is 31.4 Å². The van der Waals surface area contributed by atoms with E-state index in [-0.39, 0.29) is 5.82 Å². The summed E-state index contributed by atoms with van der Waals surface area (Å²) in [7, 11) is 0. The number of piperazine rings is 1. The molecular weight excluding hydrogens is 341 g/mol. The molecule has 4 nitrogen and oxygen atoms in total. The van der Waals surface area contributed by atoms with Gasteiger partial charge in [0, 0.05) is 57.4 Å². The fourth-order valence-corrected chi connectivity index (χ4v) is 4.51. The fraction of sp³-hybridized carbons (Fsp3) is 0.682. The van der Waals surface area contributed by atoms with Gasteiger partial charge in [0.05, 0.1) is 0 Å². The summed E-state index contributed by atoms with van der Waals surface area (Å²) in [6.07, 6.45) is 6.68. The SMILES string of the molecule is CC1(CCC(=O)N2CCC[C@@H](N3CCN(c4ccc(F)cc4)CC3)C2)CC1. The van der Waals surface area contributed by atoms with Crippen molar-refractivity contribution in [2.45, 2.75) is 51.5 Å². The molecule has 1 amide bonds. The molecule has 148 valence electrons. The monoisotopic (exact) mass is 373 g/mol. The lowest BCUT2D eigenvalue weighted by Crippen LogP contribution is -2.55. The summed E-state index contributed by atoms with van der Waals surface area (Å²) in [5.41, 5.74) is 1.56. The Balaban J connectivity index is 1.26. The standard InChI is InChI=1S/C22H32FN3O/c1-22(10-11-22)9-8-21(27)26-12-2-3-20(17-26)25-15-13-24(14-16-25)19-6-4-18(23)5-7-19/h4-7,20H,2-3,8-17H2,1H3/t20-/m1/s1. The minimum Gasteiger partial charge on any atom is -0.369 e. The normalized spacial score (nSPS) is 25.5. The van der Waals surface area contributed by atoms with Crippen molar-refractivity contribution in [1.29, 1.82) is 0 Å². The number of amides is 1. The summed E-state index contributed by atoms with van der Waals surface area (Å²) in [6, 6.07) is 7.30. The lowest BCUT2D eigenvalue weighted by atomic mass is 10.00. The van der Waals surface area contributed by atoms with Crippen LogP contribution in [0, 0.1) is 11.2 Å². The lowest BCUT2D eigenvalue weighted by Gasteiger charge is -2.44. The summed E-state index contributed by atoms with van der Waals surface area (Å²) in [5, 5.41) is 0. The van der Waals surface area contributed by atoms with Crippen molar-refractivity contribution < 1.29 is 9.18 Å². The predicted octanol–water partition coefficient (Wildman–Crippen LogP) is 3.52. The highest BCUT2D eigenvalue weighted by atomic mass is 19.1. The molecule has 2 saturated heterocycles. The smallest absolute Gasteiger partial charge is 0.222 e. The van der Waals surface area contributed by atoms with Crippen LogP contribution < -0.4 is 4.90 Å². The van der Waals surface area contributed by atoms with E-state index >= 15 is 0 Å². The van der Waals surface area contributed by atoms with Crippen LogP contribution in [-0.4, -0.2) is 61.0 Å². The molecule has 1 aromatic carbocycles. The molecule has 5 heteroatoms. The number of halogens is 1. The second-order valence-electron chi connectivity index (χ2n) is 8.95. The number of hydrogen-bond acceptors (Lipinski definition) is 3. The van der Waals surface area contributed by atoms with Gasteiger partial charge in [0.1, 0.15) is 5.82 Å². The van der Waals surface area contributed by atoms with Crippen LogP contribution >= 0.6 is 0 Å². The zero-order valence-electron chi connectivity index (χ0n) is 16.5. The van der Waals surface area contributed by atoms with E-state index in [0.29, 0.717) is 17.4 Å². The molecule has 0 unspecified atom stereocenters. The summed E-state index contributed by atoms with van der Waals surface area (Å²) >= 11 is 0. The van der Waals surface area contributed by atoms with Crippen LogP contribution in [0.2, 0.25) is 0 Å². The molecule has 1 saturated carbocycles. The zero-order valence-corrected chi connectivity index (χ0v) is 16.5. The number of nitrogens with zero attached hydrogens (tertiary/aromatic N) is 3. The van der Waals surface area contributed by atoms with Gasteiger partial charge >= 0.3 is 0 Å². The van der Waals surface area contributed by atoms with E-state index in [4.69, 9.17) is 0 Å². The maximum Gasteiger partial charge on any atom is 0.222 e. The largest absolute Gasteiger partial charge is 0.369 e. The molecule has 0 spiro atoms. The summed E-state index contributed by atoms with van der Waals surface area (Å²) in [6.45, 7) is 8.10. The molecule has 2 aliphatic heterocycles. The quantitative estimate of drug-likeness (QED) is 0.790. The van der Waals surface area contributed by atoms with Crippen LogP contribution in [0.15, 0.2) is 24.3 Å². The first-order chi connectivity index (χ1) is 13.0. The maximum absolute atomic E-state index is 13.1. The van der Waals surface area contributed by atoms with Gasteiger partial charge < -0.3 is 9.80 Å². The molecule has 0 aromatic heterocycles. The van der Waals surface area contributed by atoms with Gasteiger partial charge in [-0.25, -0.2) is 4.39 Å². The lowest BCUT2D eigenvalue weighted by molar-refractivity contribution is -0.133. The summed E-state index contributed by atoms with van der Waals surface area (Å²) in [4.78, 5) is 19.6. The second kappa shape index (κ2) is 7.78. The Labute approximate surface area is 162 Å². The van der Waals surface area contributed by atoms with Crippen molar-refractivity contribution in [3.05, 3.63) is 30.1 Å². The van der Waals surface area contributed by atoms with Gasteiger partial charge in [0.25, 0.3) is 0 Å². The number of piperidine rings is 1. The number of benzene rings is 1. The van der Waals surface area contributed by atoms with Crippen molar-refractivity contribution >= 4 is 11.6 Å². The van der Waals surface area contributed by atoms with Gasteiger partial charge in [-0.1, -0.05) is 6.92 Å². The predicted molar refractivity (Wildman–Crippen MR) is 106 cm³/mol. The molecule has 1 aromatic rings. The molecule has 4 rings (SSSR count). The molecule has 3 aliphatic rings. The van der Waals surface area contributed by atoms with Gasteiger partial charge in [-0.3, -0.25) is 9.69 Å². The van der Waals surface area contributed by atoms with Gasteiger partial charge in [0.15, 0.2) is 0 Å². The van der Waals surface area contributed by atoms with Gasteiger partial charge in [-0.2, -0.15) is 0 Å². The number of rotatable bonds is 5. The third-order valence-corrected chi connectivity index (χ3v) is 6.82. The van der Waals surface area contributed by atoms with Gasteiger partial charge in [0.2, 0.25) is 5.91 Å². The van der Waals surface area contributed by atoms with E-state index in [0.717, 1.165) is 64.2 Å². The third-order valence-electron chi connectivity index (χ3n) is 6.82. The van der Waals surface area contributed by atoms with Gasteiger partial charge in [-0.05, 0) is 61.8 Å². The van der Waals surface area contributed by atoms with Crippen LogP contribution in [0.3, 0.4) is 0 Å². The number of carbonyl (C=O) groups excluding carboxylic acids is 1. The zero-order chi connectivity index (χ0) is 18.9. The molecule has 27 heavy (non-hydrogen) atoms. The van der Waals surface area contributed by atoms with E-state index in [1.54, 1.807) is 0 Å². The molecule has 0 radical (unpaired) electrons. The van der Waals surface area contributed by atoms with Crippen LogP contribution in [0.25, 0.3) is 0 Å². The molecule has 0 bridgehead atoms. The van der Waals surface area contributed by atoms with E-state index in [9.17, 15) is 9.18 Å². The molecule has 3 fully saturated rings. The Morgan fingerprint density at radius 3 is 2.48 bits per heavy atom. The highest BCUT2D eigenvalue weighted by Crippen LogP contribution is 2.48. The van der Waals surface area contributed by atoms with Crippen molar-refractivity contribution in [1.82, 2.24) is 9.80 Å². The fourth-order valence-electron chi connectivity index (χ4n) is 4.51. The second-order valence-corrected chi connectivity index (χ2v) is 8.95. The maximum atomic E-state index is 13.1. The number of hydrogen-bond donors (Lipinski definition) is 0. The Morgan fingerprint density at radius 1 is 1.11 bits per heavy atom. The Hall–Kier alpha value is -1.62. The Morgan fingerprint density at radius 2 is 1.81 bits per heavy atom. The molecule has 1 atom stereocenters. The first-order valence-corrected chi connectivity index (χ1v) is 10.5. The average Bonchev–Trinajstić information content (AvgIpc) is 3.45. The minimum atomic E-state index is -0.181. The number of likely N-dealkylation sites (tertiary alicyclic amines) is 1. The van der Waals surface area contributed by atoms with Crippen molar-refractivity contribution in [2.75, 3.05) is 44.2 Å².